The number of fused-ring (bicyclic) bond motifs is 1. The smallest absolute Gasteiger partial charge is 0.240 e. The first-order valence-electron chi connectivity index (χ1n) is 13.8. The van der Waals surface area contributed by atoms with Crippen molar-refractivity contribution in [2.75, 3.05) is 45.1 Å². The Morgan fingerprint density at radius 2 is 1.72 bits per heavy atom. The van der Waals surface area contributed by atoms with Crippen LogP contribution >= 0.6 is 23.4 Å². The van der Waals surface area contributed by atoms with Gasteiger partial charge in [0.25, 0.3) is 0 Å². The van der Waals surface area contributed by atoms with Gasteiger partial charge in [0, 0.05) is 22.7 Å². The van der Waals surface area contributed by atoms with Gasteiger partial charge in [-0.1, -0.05) is 36.7 Å². The number of ether oxygens (including phenoxy) is 3. The molecule has 0 spiro atoms. The number of halogens is 1. The van der Waals surface area contributed by atoms with E-state index < -0.39 is 0 Å². The van der Waals surface area contributed by atoms with Gasteiger partial charge < -0.3 is 19.5 Å². The Balaban J connectivity index is 1.79. The quantitative estimate of drug-likeness (QED) is 0.235. The molecule has 0 radical (unpaired) electrons. The summed E-state index contributed by atoms with van der Waals surface area (Å²) >= 11 is 7.74. The zero-order valence-electron chi connectivity index (χ0n) is 24.4. The lowest BCUT2D eigenvalue weighted by Crippen LogP contribution is -2.42. The number of thioether (sulfide) groups is 1. The van der Waals surface area contributed by atoms with Crippen molar-refractivity contribution >= 4 is 41.0 Å². The van der Waals surface area contributed by atoms with E-state index in [4.69, 9.17) is 30.9 Å². The Kier molecular flexibility index (Phi) is 9.47. The second-order valence-corrected chi connectivity index (χ2v) is 11.4. The molecular weight excluding hydrogens is 588 g/mol. The molecule has 5 rings (SSSR count). The molecule has 9 nitrogen and oxygen atoms in total. The maximum Gasteiger partial charge on any atom is 0.240 e. The highest BCUT2D eigenvalue weighted by molar-refractivity contribution is 8.00. The SMILES string of the molecule is CCCNC(=O)CN1C(=O)CS[C@@H](c2ccc(OC)c(OC)c2)c2c(-c3ccc(Cl)cc3)nn(-c3ccc(OC)cc3)c21. The third-order valence-corrected chi connectivity index (χ3v) is 8.61. The molecule has 0 saturated carbocycles. The summed E-state index contributed by atoms with van der Waals surface area (Å²) in [5.41, 5.74) is 3.90. The molecule has 1 aromatic heterocycles. The lowest BCUT2D eigenvalue weighted by molar-refractivity contribution is -0.122. The normalized spacial score (nSPS) is 14.6. The fraction of sp³-hybridized carbons (Fsp3) is 0.281. The highest BCUT2D eigenvalue weighted by atomic mass is 35.5. The third kappa shape index (κ3) is 6.30. The topological polar surface area (TPSA) is 94.9 Å². The van der Waals surface area contributed by atoms with Gasteiger partial charge in [-0.15, -0.1) is 11.8 Å². The number of aromatic nitrogens is 2. The molecule has 0 unspecified atom stereocenters. The van der Waals surface area contributed by atoms with Crippen LogP contribution in [0.3, 0.4) is 0 Å². The Morgan fingerprint density at radius 3 is 2.37 bits per heavy atom. The van der Waals surface area contributed by atoms with Gasteiger partial charge >= 0.3 is 0 Å². The molecule has 2 heterocycles. The van der Waals surface area contributed by atoms with Crippen molar-refractivity contribution in [3.8, 4) is 34.2 Å². The summed E-state index contributed by atoms with van der Waals surface area (Å²) in [6, 6.07) is 20.6. The molecule has 4 aromatic rings. The number of anilines is 1. The zero-order valence-corrected chi connectivity index (χ0v) is 26.0. The predicted octanol–water partition coefficient (Wildman–Crippen LogP) is 5.91. The molecule has 0 fully saturated rings. The Labute approximate surface area is 260 Å². The van der Waals surface area contributed by atoms with Crippen LogP contribution in [0.5, 0.6) is 17.2 Å². The predicted molar refractivity (Wildman–Crippen MR) is 170 cm³/mol. The Hall–Kier alpha value is -4.15. The number of hydrogen-bond acceptors (Lipinski definition) is 7. The minimum absolute atomic E-state index is 0.146. The van der Waals surface area contributed by atoms with Crippen molar-refractivity contribution < 1.29 is 23.8 Å². The summed E-state index contributed by atoms with van der Waals surface area (Å²) in [4.78, 5) is 28.5. The molecule has 1 aliphatic rings. The molecule has 2 amide bonds. The maximum atomic E-state index is 13.9. The number of carbonyl (C=O) groups excluding carboxylic acids is 2. The van der Waals surface area contributed by atoms with E-state index in [0.717, 1.165) is 23.1 Å². The number of nitrogens with one attached hydrogen (secondary N) is 1. The molecular formula is C32H33ClN4O5S. The first-order chi connectivity index (χ1) is 20.9. The summed E-state index contributed by atoms with van der Waals surface area (Å²) in [6.45, 7) is 2.36. The molecule has 0 saturated heterocycles. The van der Waals surface area contributed by atoms with Crippen LogP contribution in [0.15, 0.2) is 66.7 Å². The lowest BCUT2D eigenvalue weighted by atomic mass is 9.99. The molecule has 3 aromatic carbocycles. The van der Waals surface area contributed by atoms with Gasteiger partial charge in [0.05, 0.1) is 43.7 Å². The lowest BCUT2D eigenvalue weighted by Gasteiger charge is -2.23. The standard InChI is InChI=1S/C32H33ClN4O5S/c1-5-16-34-27(38)18-36-28(39)19-43-31(21-8-15-25(41-3)26(17-21)42-4)29-30(20-6-9-22(33)10-7-20)35-37(32(29)36)23-11-13-24(40-2)14-12-23/h6-15,17,31H,5,16,18-19H2,1-4H3,(H,34,38)/t31-/m0/s1. The van der Waals surface area contributed by atoms with Gasteiger partial charge in [0.1, 0.15) is 18.1 Å². The van der Waals surface area contributed by atoms with Crippen molar-refractivity contribution in [1.29, 1.82) is 0 Å². The summed E-state index contributed by atoms with van der Waals surface area (Å²) in [5, 5.41) is 8.28. The van der Waals surface area contributed by atoms with Crippen molar-refractivity contribution in [2.45, 2.75) is 18.6 Å². The maximum absolute atomic E-state index is 13.9. The monoisotopic (exact) mass is 620 g/mol. The Bertz CT molecular complexity index is 1610. The van der Waals surface area contributed by atoms with Crippen LogP contribution in [-0.2, 0) is 9.59 Å². The molecule has 1 N–H and O–H groups in total. The number of benzene rings is 3. The van der Waals surface area contributed by atoms with Crippen molar-refractivity contribution in [2.24, 2.45) is 0 Å². The van der Waals surface area contributed by atoms with E-state index >= 15 is 0 Å². The van der Waals surface area contributed by atoms with Gasteiger partial charge in [-0.2, -0.15) is 5.10 Å². The van der Waals surface area contributed by atoms with Crippen LogP contribution in [0.1, 0.15) is 29.7 Å². The summed E-state index contributed by atoms with van der Waals surface area (Å²) in [6.07, 6.45) is 0.784. The van der Waals surface area contributed by atoms with Gasteiger partial charge in [0.2, 0.25) is 11.8 Å². The first-order valence-corrected chi connectivity index (χ1v) is 15.2. The van der Waals surface area contributed by atoms with Crippen LogP contribution in [-0.4, -0.2) is 61.8 Å². The second-order valence-electron chi connectivity index (χ2n) is 9.84. The number of methoxy groups -OCH3 is 3. The first kappa shape index (κ1) is 30.3. The number of amides is 2. The average molecular weight is 621 g/mol. The van der Waals surface area contributed by atoms with Crippen LogP contribution in [0.4, 0.5) is 5.82 Å². The van der Waals surface area contributed by atoms with Gasteiger partial charge in [-0.3, -0.25) is 14.5 Å². The number of hydrogen-bond donors (Lipinski definition) is 1. The van der Waals surface area contributed by atoms with Gasteiger partial charge in [0.15, 0.2) is 11.5 Å². The Morgan fingerprint density at radius 1 is 1.00 bits per heavy atom. The van der Waals surface area contributed by atoms with E-state index in [1.165, 1.54) is 11.8 Å². The largest absolute Gasteiger partial charge is 0.497 e. The van der Waals surface area contributed by atoms with E-state index in [0.29, 0.717) is 46.0 Å². The fourth-order valence-electron chi connectivity index (χ4n) is 4.99. The van der Waals surface area contributed by atoms with Crippen LogP contribution < -0.4 is 24.4 Å². The average Bonchev–Trinajstić information content (AvgIpc) is 3.36. The summed E-state index contributed by atoms with van der Waals surface area (Å²) in [7, 11) is 4.79. The van der Waals surface area contributed by atoms with Gasteiger partial charge in [-0.05, 0) is 60.5 Å². The van der Waals surface area contributed by atoms with Crippen molar-refractivity contribution in [3.63, 3.8) is 0 Å². The zero-order chi connectivity index (χ0) is 30.5. The van der Waals surface area contributed by atoms with Crippen molar-refractivity contribution in [3.05, 3.63) is 82.9 Å². The molecule has 0 aliphatic carbocycles. The summed E-state index contributed by atoms with van der Waals surface area (Å²) in [5.74, 6) is 2.09. The second kappa shape index (κ2) is 13.4. The van der Waals surface area contributed by atoms with Gasteiger partial charge in [-0.25, -0.2) is 4.68 Å². The molecule has 1 aliphatic heterocycles. The van der Waals surface area contributed by atoms with E-state index in [1.54, 1.807) is 30.9 Å². The van der Waals surface area contributed by atoms with E-state index in [-0.39, 0.29) is 29.4 Å². The van der Waals surface area contributed by atoms with Crippen molar-refractivity contribution in [1.82, 2.24) is 15.1 Å². The molecule has 0 bridgehead atoms. The third-order valence-electron chi connectivity index (χ3n) is 7.11. The van der Waals surface area contributed by atoms with Crippen LogP contribution in [0.2, 0.25) is 5.02 Å². The minimum atomic E-state index is -0.333. The fourth-order valence-corrected chi connectivity index (χ4v) is 6.30. The molecule has 1 atom stereocenters. The van der Waals surface area contributed by atoms with E-state index in [1.807, 2.05) is 73.7 Å². The molecule has 43 heavy (non-hydrogen) atoms. The minimum Gasteiger partial charge on any atom is -0.497 e. The number of nitrogens with zero attached hydrogens (tertiary/aromatic N) is 3. The number of rotatable bonds is 10. The molecule has 11 heteroatoms. The van der Waals surface area contributed by atoms with E-state index in [9.17, 15) is 9.59 Å². The van der Waals surface area contributed by atoms with Crippen LogP contribution in [0, 0.1) is 0 Å². The number of carbonyl (C=O) groups is 2. The highest BCUT2D eigenvalue weighted by Crippen LogP contribution is 2.49. The van der Waals surface area contributed by atoms with Crippen LogP contribution in [0.25, 0.3) is 16.9 Å². The molecule has 224 valence electrons. The summed E-state index contributed by atoms with van der Waals surface area (Å²) < 4.78 is 18.2. The van der Waals surface area contributed by atoms with E-state index in [2.05, 4.69) is 5.32 Å². The highest BCUT2D eigenvalue weighted by Gasteiger charge is 2.38.